The van der Waals surface area contributed by atoms with E-state index in [1.807, 2.05) is 26.1 Å². The van der Waals surface area contributed by atoms with E-state index in [0.717, 1.165) is 16.3 Å². The summed E-state index contributed by atoms with van der Waals surface area (Å²) in [5.41, 5.74) is 1.95. The molecule has 1 aromatic heterocycles. The summed E-state index contributed by atoms with van der Waals surface area (Å²) in [6.07, 6.45) is 0.0858. The van der Waals surface area contributed by atoms with Gasteiger partial charge in [-0.15, -0.1) is 11.8 Å². The summed E-state index contributed by atoms with van der Waals surface area (Å²) in [7, 11) is 1.87. The largest absolute Gasteiger partial charge is 0.392 e. The Kier molecular flexibility index (Phi) is 4.61. The lowest BCUT2D eigenvalue weighted by Gasteiger charge is -2.10. The first kappa shape index (κ1) is 14.1. The van der Waals surface area contributed by atoms with Crippen LogP contribution in [0.15, 0.2) is 35.2 Å². The first-order valence-electron chi connectivity index (χ1n) is 6.10. The van der Waals surface area contributed by atoms with Crippen LogP contribution in [0.1, 0.15) is 11.4 Å². The zero-order chi connectivity index (χ0) is 13.8. The molecule has 1 atom stereocenters. The molecule has 0 aliphatic heterocycles. The average Bonchev–Trinajstić information content (AvgIpc) is 2.65. The molecule has 1 N–H and O–H groups in total. The number of thioether (sulfide) groups is 1. The molecule has 3 nitrogen and oxygen atoms in total. The molecule has 0 bridgehead atoms. The number of aromatic nitrogens is 2. The van der Waals surface area contributed by atoms with Crippen molar-refractivity contribution in [3.63, 3.8) is 0 Å². The van der Waals surface area contributed by atoms with Crippen molar-refractivity contribution in [2.24, 2.45) is 7.05 Å². The van der Waals surface area contributed by atoms with Crippen LogP contribution in [0, 0.1) is 12.7 Å². The Hall–Kier alpha value is -1.33. The lowest BCUT2D eigenvalue weighted by atomic mass is 10.2. The van der Waals surface area contributed by atoms with E-state index in [2.05, 4.69) is 5.10 Å². The van der Waals surface area contributed by atoms with Crippen LogP contribution in [0.25, 0.3) is 0 Å². The highest BCUT2D eigenvalue weighted by Crippen LogP contribution is 2.20. The highest BCUT2D eigenvalue weighted by Gasteiger charge is 2.10. The highest BCUT2D eigenvalue weighted by molar-refractivity contribution is 7.99. The molecule has 1 heterocycles. The Bertz CT molecular complexity index is 556. The van der Waals surface area contributed by atoms with E-state index in [9.17, 15) is 9.50 Å². The number of halogens is 1. The molecule has 2 aromatic rings. The first-order valence-corrected chi connectivity index (χ1v) is 7.09. The van der Waals surface area contributed by atoms with Crippen molar-refractivity contribution in [1.29, 1.82) is 0 Å². The van der Waals surface area contributed by atoms with Gasteiger partial charge in [0.25, 0.3) is 0 Å². The molecular weight excluding hydrogens is 263 g/mol. The van der Waals surface area contributed by atoms with Crippen molar-refractivity contribution < 1.29 is 9.50 Å². The molecule has 0 saturated heterocycles. The van der Waals surface area contributed by atoms with Gasteiger partial charge in [0, 0.05) is 29.8 Å². The van der Waals surface area contributed by atoms with E-state index >= 15 is 0 Å². The fourth-order valence-corrected chi connectivity index (χ4v) is 2.78. The predicted octanol–water partition coefficient (Wildman–Crippen LogP) is 2.56. The van der Waals surface area contributed by atoms with Crippen molar-refractivity contribution >= 4 is 11.8 Å². The number of aryl methyl sites for hydroxylation is 2. The Balaban J connectivity index is 1.88. The van der Waals surface area contributed by atoms with Gasteiger partial charge in [0.05, 0.1) is 11.8 Å². The van der Waals surface area contributed by atoms with Crippen molar-refractivity contribution in [2.45, 2.75) is 24.3 Å². The number of hydrogen-bond donors (Lipinski definition) is 1. The highest BCUT2D eigenvalue weighted by atomic mass is 32.2. The minimum Gasteiger partial charge on any atom is -0.392 e. The Morgan fingerprint density at radius 3 is 2.84 bits per heavy atom. The molecule has 5 heteroatoms. The van der Waals surface area contributed by atoms with Crippen LogP contribution in [0.4, 0.5) is 4.39 Å². The summed E-state index contributed by atoms with van der Waals surface area (Å²) in [6.45, 7) is 1.93. The molecule has 0 aliphatic carbocycles. The number of hydrogen-bond acceptors (Lipinski definition) is 3. The van der Waals surface area contributed by atoms with Gasteiger partial charge >= 0.3 is 0 Å². The fraction of sp³-hybridized carbons (Fsp3) is 0.357. The molecule has 19 heavy (non-hydrogen) atoms. The zero-order valence-electron chi connectivity index (χ0n) is 11.0. The molecule has 0 amide bonds. The van der Waals surface area contributed by atoms with E-state index in [0.29, 0.717) is 12.2 Å². The van der Waals surface area contributed by atoms with Gasteiger partial charge in [-0.25, -0.2) is 4.39 Å². The van der Waals surface area contributed by atoms with E-state index < -0.39 is 6.10 Å². The van der Waals surface area contributed by atoms with Crippen LogP contribution < -0.4 is 0 Å². The number of benzene rings is 1. The number of nitrogens with zero attached hydrogens (tertiary/aromatic N) is 2. The quantitative estimate of drug-likeness (QED) is 0.855. The minimum absolute atomic E-state index is 0.248. The van der Waals surface area contributed by atoms with Gasteiger partial charge in [-0.3, -0.25) is 4.68 Å². The second-order valence-electron chi connectivity index (χ2n) is 4.53. The fourth-order valence-electron chi connectivity index (χ4n) is 1.90. The molecule has 0 aliphatic rings. The SMILES string of the molecule is Cc1cc(CC(O)CSc2cccc(F)c2)n(C)n1. The number of rotatable bonds is 5. The van der Waals surface area contributed by atoms with E-state index in [-0.39, 0.29) is 5.82 Å². The molecule has 0 radical (unpaired) electrons. The third-order valence-electron chi connectivity index (χ3n) is 2.78. The Morgan fingerprint density at radius 2 is 2.21 bits per heavy atom. The molecular formula is C14H17FN2OS. The lowest BCUT2D eigenvalue weighted by molar-refractivity contribution is 0.197. The standard InChI is InChI=1S/C14H17FN2OS/c1-10-6-12(17(2)16-10)8-13(18)9-19-14-5-3-4-11(15)7-14/h3-7,13,18H,8-9H2,1-2H3. The van der Waals surface area contributed by atoms with Crippen LogP contribution in [-0.4, -0.2) is 26.7 Å². The lowest BCUT2D eigenvalue weighted by Crippen LogP contribution is -2.15. The molecule has 2 rings (SSSR count). The van der Waals surface area contributed by atoms with Crippen LogP contribution in [0.5, 0.6) is 0 Å². The topological polar surface area (TPSA) is 38.0 Å². The van der Waals surface area contributed by atoms with E-state index in [1.54, 1.807) is 10.7 Å². The van der Waals surface area contributed by atoms with Crippen LogP contribution >= 0.6 is 11.8 Å². The summed E-state index contributed by atoms with van der Waals surface area (Å²) in [4.78, 5) is 0.834. The summed E-state index contributed by atoms with van der Waals surface area (Å²) in [5, 5.41) is 14.3. The second-order valence-corrected chi connectivity index (χ2v) is 5.62. The maximum absolute atomic E-state index is 13.0. The van der Waals surface area contributed by atoms with Crippen LogP contribution in [0.2, 0.25) is 0 Å². The molecule has 0 saturated carbocycles. The molecule has 1 aromatic carbocycles. The van der Waals surface area contributed by atoms with E-state index in [1.165, 1.54) is 23.9 Å². The molecule has 0 fully saturated rings. The van der Waals surface area contributed by atoms with Crippen LogP contribution in [0.3, 0.4) is 0 Å². The zero-order valence-corrected chi connectivity index (χ0v) is 11.8. The van der Waals surface area contributed by atoms with Gasteiger partial charge in [0.1, 0.15) is 5.82 Å². The van der Waals surface area contributed by atoms with Crippen molar-refractivity contribution in [2.75, 3.05) is 5.75 Å². The number of aliphatic hydroxyl groups is 1. The maximum Gasteiger partial charge on any atom is 0.124 e. The van der Waals surface area contributed by atoms with Crippen molar-refractivity contribution in [3.05, 3.63) is 47.5 Å². The smallest absolute Gasteiger partial charge is 0.124 e. The van der Waals surface area contributed by atoms with Crippen molar-refractivity contribution in [3.8, 4) is 0 Å². The van der Waals surface area contributed by atoms with Crippen LogP contribution in [-0.2, 0) is 13.5 Å². The van der Waals surface area contributed by atoms with Gasteiger partial charge in [-0.05, 0) is 31.2 Å². The summed E-state index contributed by atoms with van der Waals surface area (Å²) in [5.74, 6) is 0.287. The van der Waals surface area contributed by atoms with Gasteiger partial charge < -0.3 is 5.11 Å². The molecule has 102 valence electrons. The summed E-state index contributed by atoms with van der Waals surface area (Å²) in [6, 6.07) is 8.38. The van der Waals surface area contributed by atoms with Gasteiger partial charge in [0.2, 0.25) is 0 Å². The van der Waals surface area contributed by atoms with Gasteiger partial charge in [-0.2, -0.15) is 5.10 Å². The summed E-state index contributed by atoms with van der Waals surface area (Å²) >= 11 is 1.45. The Labute approximate surface area is 116 Å². The minimum atomic E-state index is -0.469. The maximum atomic E-state index is 13.0. The normalized spacial score (nSPS) is 12.6. The first-order chi connectivity index (χ1) is 9.04. The van der Waals surface area contributed by atoms with E-state index in [4.69, 9.17) is 0 Å². The number of aliphatic hydroxyl groups excluding tert-OH is 1. The van der Waals surface area contributed by atoms with Gasteiger partial charge in [-0.1, -0.05) is 6.07 Å². The van der Waals surface area contributed by atoms with Crippen molar-refractivity contribution in [1.82, 2.24) is 9.78 Å². The molecule has 1 unspecified atom stereocenters. The van der Waals surface area contributed by atoms with Gasteiger partial charge in [0.15, 0.2) is 0 Å². The third-order valence-corrected chi connectivity index (χ3v) is 3.92. The Morgan fingerprint density at radius 1 is 1.42 bits per heavy atom. The predicted molar refractivity (Wildman–Crippen MR) is 74.8 cm³/mol. The second kappa shape index (κ2) is 6.21. The molecule has 0 spiro atoms. The summed E-state index contributed by atoms with van der Waals surface area (Å²) < 4.78 is 14.8. The average molecular weight is 280 g/mol. The third kappa shape index (κ3) is 4.08. The monoisotopic (exact) mass is 280 g/mol.